The number of carbonyl (C=O) groups is 2. The van der Waals surface area contributed by atoms with Gasteiger partial charge in [-0.1, -0.05) is 31.2 Å². The van der Waals surface area contributed by atoms with Crippen LogP contribution in [0.2, 0.25) is 0 Å². The maximum Gasteiger partial charge on any atom is 0.317 e. The predicted octanol–water partition coefficient (Wildman–Crippen LogP) is 2.61. The molecule has 2 fully saturated rings. The van der Waals surface area contributed by atoms with Crippen molar-refractivity contribution in [3.63, 3.8) is 0 Å². The molecule has 6 heteroatoms. The number of rotatable bonds is 7. The number of nitrogens with one attached hydrogen (secondary N) is 1. The van der Waals surface area contributed by atoms with Crippen molar-refractivity contribution in [2.45, 2.75) is 51.0 Å². The van der Waals surface area contributed by atoms with Crippen LogP contribution in [-0.2, 0) is 10.2 Å². The third-order valence-corrected chi connectivity index (χ3v) is 6.16. The fraction of sp³-hybridized carbons (Fsp3) is 0.619. The first-order valence-electron chi connectivity index (χ1n) is 10.00. The summed E-state index contributed by atoms with van der Waals surface area (Å²) in [6.45, 7) is 6.99. The zero-order valence-corrected chi connectivity index (χ0v) is 16.4. The highest BCUT2D eigenvalue weighted by Gasteiger charge is 2.45. The predicted molar refractivity (Wildman–Crippen MR) is 105 cm³/mol. The van der Waals surface area contributed by atoms with Crippen LogP contribution in [0.5, 0.6) is 0 Å². The standard InChI is InChI=1S/C21H31N3O3/c1-3-23(14-19(25)26)17-8-12-24(13-9-17)20(27)22-15-21(10-11-21)18-7-5-4-6-16(18)2/h4-7,17H,3,8-15H2,1-2H3,(H,22,27)(H,25,26). The van der Waals surface area contributed by atoms with Crippen LogP contribution in [0.1, 0.15) is 43.7 Å². The number of hydrogen-bond donors (Lipinski definition) is 2. The summed E-state index contributed by atoms with van der Waals surface area (Å²) < 4.78 is 0. The molecule has 0 atom stereocenters. The molecule has 0 aromatic heterocycles. The molecule has 2 aliphatic rings. The lowest BCUT2D eigenvalue weighted by molar-refractivity contribution is -0.139. The fourth-order valence-electron chi connectivity index (χ4n) is 4.32. The number of likely N-dealkylation sites (N-methyl/N-ethyl adjacent to an activating group) is 1. The highest BCUT2D eigenvalue weighted by molar-refractivity contribution is 5.74. The largest absolute Gasteiger partial charge is 0.480 e. The van der Waals surface area contributed by atoms with Gasteiger partial charge in [0.1, 0.15) is 0 Å². The van der Waals surface area contributed by atoms with Gasteiger partial charge in [0.25, 0.3) is 0 Å². The minimum Gasteiger partial charge on any atom is -0.480 e. The lowest BCUT2D eigenvalue weighted by atomic mass is 9.92. The van der Waals surface area contributed by atoms with Gasteiger partial charge in [-0.15, -0.1) is 0 Å². The molecule has 1 heterocycles. The third-order valence-electron chi connectivity index (χ3n) is 6.16. The molecule has 1 aromatic carbocycles. The maximum atomic E-state index is 12.6. The van der Waals surface area contributed by atoms with Crippen LogP contribution in [0.15, 0.2) is 24.3 Å². The Morgan fingerprint density at radius 1 is 1.26 bits per heavy atom. The van der Waals surface area contributed by atoms with Crippen molar-refractivity contribution >= 4 is 12.0 Å². The maximum absolute atomic E-state index is 12.6. The molecular weight excluding hydrogens is 342 g/mol. The summed E-state index contributed by atoms with van der Waals surface area (Å²) in [5.41, 5.74) is 2.76. The van der Waals surface area contributed by atoms with Crippen LogP contribution < -0.4 is 5.32 Å². The number of amides is 2. The monoisotopic (exact) mass is 373 g/mol. The van der Waals surface area contributed by atoms with Crippen LogP contribution in [0.4, 0.5) is 4.79 Å². The molecule has 1 aliphatic heterocycles. The Kier molecular flexibility index (Phi) is 6.05. The summed E-state index contributed by atoms with van der Waals surface area (Å²) in [5.74, 6) is -0.789. The smallest absolute Gasteiger partial charge is 0.317 e. The number of likely N-dealkylation sites (tertiary alicyclic amines) is 1. The highest BCUT2D eigenvalue weighted by atomic mass is 16.4. The zero-order valence-electron chi connectivity index (χ0n) is 16.4. The van der Waals surface area contributed by atoms with Gasteiger partial charge in [0.2, 0.25) is 0 Å². The number of carboxylic acid groups (broad SMARTS) is 1. The van der Waals surface area contributed by atoms with Gasteiger partial charge in [0.15, 0.2) is 0 Å². The molecule has 1 saturated carbocycles. The molecule has 3 rings (SSSR count). The molecule has 1 aromatic rings. The Labute approximate surface area is 161 Å². The summed E-state index contributed by atoms with van der Waals surface area (Å²) >= 11 is 0. The zero-order chi connectivity index (χ0) is 19.4. The molecule has 0 unspecified atom stereocenters. The van der Waals surface area contributed by atoms with Gasteiger partial charge in [-0.05, 0) is 50.3 Å². The third kappa shape index (κ3) is 4.61. The number of piperidine rings is 1. The SMILES string of the molecule is CCN(CC(=O)O)C1CCN(C(=O)NCC2(c3ccccc3C)CC2)CC1. The van der Waals surface area contributed by atoms with E-state index < -0.39 is 5.97 Å². The van der Waals surface area contributed by atoms with E-state index in [-0.39, 0.29) is 24.0 Å². The van der Waals surface area contributed by atoms with Gasteiger partial charge < -0.3 is 15.3 Å². The highest BCUT2D eigenvalue weighted by Crippen LogP contribution is 2.48. The fourth-order valence-corrected chi connectivity index (χ4v) is 4.32. The van der Waals surface area contributed by atoms with E-state index in [1.54, 1.807) is 0 Å². The van der Waals surface area contributed by atoms with E-state index in [4.69, 9.17) is 5.11 Å². The number of nitrogens with zero attached hydrogens (tertiary/aromatic N) is 2. The van der Waals surface area contributed by atoms with Crippen molar-refractivity contribution in [2.24, 2.45) is 0 Å². The molecule has 6 nitrogen and oxygen atoms in total. The van der Waals surface area contributed by atoms with Crippen molar-refractivity contribution in [2.75, 3.05) is 32.7 Å². The first kappa shape index (κ1) is 19.7. The van der Waals surface area contributed by atoms with Gasteiger partial charge >= 0.3 is 12.0 Å². The number of urea groups is 1. The quantitative estimate of drug-likeness (QED) is 0.771. The molecule has 0 radical (unpaired) electrons. The van der Waals surface area contributed by atoms with Crippen LogP contribution in [-0.4, -0.2) is 65.7 Å². The first-order chi connectivity index (χ1) is 12.9. The van der Waals surface area contributed by atoms with E-state index in [0.717, 1.165) is 32.2 Å². The van der Waals surface area contributed by atoms with Crippen LogP contribution in [0.3, 0.4) is 0 Å². The lowest BCUT2D eigenvalue weighted by Gasteiger charge is -2.37. The van der Waals surface area contributed by atoms with Crippen molar-refractivity contribution in [3.8, 4) is 0 Å². The van der Waals surface area contributed by atoms with Crippen LogP contribution in [0.25, 0.3) is 0 Å². The Morgan fingerprint density at radius 2 is 1.93 bits per heavy atom. The number of carbonyl (C=O) groups excluding carboxylic acids is 1. The number of aryl methyl sites for hydroxylation is 1. The van der Waals surface area contributed by atoms with Crippen molar-refractivity contribution in [1.29, 1.82) is 0 Å². The molecule has 27 heavy (non-hydrogen) atoms. The lowest BCUT2D eigenvalue weighted by Crippen LogP contribution is -2.51. The second-order valence-electron chi connectivity index (χ2n) is 7.93. The molecule has 0 spiro atoms. The average molecular weight is 373 g/mol. The summed E-state index contributed by atoms with van der Waals surface area (Å²) in [6.07, 6.45) is 3.91. The van der Waals surface area contributed by atoms with Crippen LogP contribution >= 0.6 is 0 Å². The van der Waals surface area contributed by atoms with Gasteiger partial charge in [-0.25, -0.2) is 4.79 Å². The van der Waals surface area contributed by atoms with E-state index in [0.29, 0.717) is 19.6 Å². The van der Waals surface area contributed by atoms with Gasteiger partial charge in [-0.3, -0.25) is 9.69 Å². The molecule has 1 saturated heterocycles. The van der Waals surface area contributed by atoms with Gasteiger partial charge in [0.05, 0.1) is 6.54 Å². The molecule has 1 aliphatic carbocycles. The van der Waals surface area contributed by atoms with Gasteiger partial charge in [-0.2, -0.15) is 0 Å². The van der Waals surface area contributed by atoms with Crippen molar-refractivity contribution < 1.29 is 14.7 Å². The van der Waals surface area contributed by atoms with E-state index in [2.05, 4.69) is 36.5 Å². The molecule has 148 valence electrons. The number of carboxylic acids is 1. The molecular formula is C21H31N3O3. The molecule has 2 amide bonds. The summed E-state index contributed by atoms with van der Waals surface area (Å²) in [5, 5.41) is 12.2. The Morgan fingerprint density at radius 3 is 2.48 bits per heavy atom. The number of hydrogen-bond acceptors (Lipinski definition) is 3. The number of benzene rings is 1. The summed E-state index contributed by atoms with van der Waals surface area (Å²) in [6, 6.07) is 8.71. The average Bonchev–Trinajstić information content (AvgIpc) is 3.45. The topological polar surface area (TPSA) is 72.9 Å². The van der Waals surface area contributed by atoms with E-state index in [1.165, 1.54) is 11.1 Å². The van der Waals surface area contributed by atoms with Crippen molar-refractivity contribution in [3.05, 3.63) is 35.4 Å². The molecule has 2 N–H and O–H groups in total. The summed E-state index contributed by atoms with van der Waals surface area (Å²) in [4.78, 5) is 27.5. The van der Waals surface area contributed by atoms with E-state index in [1.807, 2.05) is 16.7 Å². The summed E-state index contributed by atoms with van der Waals surface area (Å²) in [7, 11) is 0. The second-order valence-corrected chi connectivity index (χ2v) is 7.93. The Balaban J connectivity index is 1.49. The van der Waals surface area contributed by atoms with E-state index >= 15 is 0 Å². The minimum atomic E-state index is -0.789. The molecule has 0 bridgehead atoms. The Bertz CT molecular complexity index is 679. The second kappa shape index (κ2) is 8.30. The minimum absolute atomic E-state index is 0.00888. The van der Waals surface area contributed by atoms with Gasteiger partial charge in [0, 0.05) is 31.1 Å². The van der Waals surface area contributed by atoms with Crippen molar-refractivity contribution in [1.82, 2.24) is 15.1 Å². The Hall–Kier alpha value is -2.08. The van der Waals surface area contributed by atoms with Crippen LogP contribution in [0, 0.1) is 6.92 Å². The number of aliphatic carboxylic acids is 1. The first-order valence-corrected chi connectivity index (χ1v) is 10.00. The van der Waals surface area contributed by atoms with E-state index in [9.17, 15) is 9.59 Å². The normalized spacial score (nSPS) is 19.1.